The van der Waals surface area contributed by atoms with Crippen molar-refractivity contribution in [1.82, 2.24) is 14.7 Å². The first-order chi connectivity index (χ1) is 9.42. The zero-order valence-electron chi connectivity index (χ0n) is 13.4. The minimum absolute atomic E-state index is 0.124. The molecule has 1 unspecified atom stereocenters. The van der Waals surface area contributed by atoms with Crippen LogP contribution in [0.5, 0.6) is 0 Å². The molecule has 114 valence electrons. The zero-order chi connectivity index (χ0) is 15.3. The predicted octanol–water partition coefficient (Wildman–Crippen LogP) is 2.51. The van der Waals surface area contributed by atoms with E-state index < -0.39 is 0 Å². The SMILES string of the molecule is CCCCN(C(=O)Cn1nc(C)c(N)c1C)C(C)CC. The van der Waals surface area contributed by atoms with Gasteiger partial charge >= 0.3 is 0 Å². The second-order valence-electron chi connectivity index (χ2n) is 5.44. The quantitative estimate of drug-likeness (QED) is 0.834. The highest BCUT2D eigenvalue weighted by Crippen LogP contribution is 2.15. The van der Waals surface area contributed by atoms with E-state index in [9.17, 15) is 4.79 Å². The Bertz CT molecular complexity index is 453. The molecule has 0 saturated carbocycles. The van der Waals surface area contributed by atoms with Crippen LogP contribution in [0.15, 0.2) is 0 Å². The molecule has 1 amide bonds. The van der Waals surface area contributed by atoms with Crippen molar-refractivity contribution in [3.8, 4) is 0 Å². The Kier molecular flexibility index (Phi) is 6.05. The molecule has 0 radical (unpaired) electrons. The lowest BCUT2D eigenvalue weighted by molar-refractivity contribution is -0.134. The second-order valence-corrected chi connectivity index (χ2v) is 5.44. The smallest absolute Gasteiger partial charge is 0.244 e. The third kappa shape index (κ3) is 3.74. The van der Waals surface area contributed by atoms with Crippen molar-refractivity contribution in [2.24, 2.45) is 0 Å². The number of aromatic nitrogens is 2. The molecule has 0 fully saturated rings. The van der Waals surface area contributed by atoms with E-state index in [0.29, 0.717) is 5.69 Å². The lowest BCUT2D eigenvalue weighted by atomic mass is 10.2. The zero-order valence-corrected chi connectivity index (χ0v) is 13.4. The van der Waals surface area contributed by atoms with Crippen LogP contribution in [0.3, 0.4) is 0 Å². The van der Waals surface area contributed by atoms with Gasteiger partial charge in [0.2, 0.25) is 5.91 Å². The number of hydrogen-bond acceptors (Lipinski definition) is 3. The summed E-state index contributed by atoms with van der Waals surface area (Å²) in [5.41, 5.74) is 8.26. The molecule has 1 aromatic heterocycles. The number of hydrogen-bond donors (Lipinski definition) is 1. The van der Waals surface area contributed by atoms with Gasteiger partial charge in [0.05, 0.1) is 17.1 Å². The summed E-state index contributed by atoms with van der Waals surface area (Å²) in [6.07, 6.45) is 3.09. The summed E-state index contributed by atoms with van der Waals surface area (Å²) >= 11 is 0. The molecule has 0 aliphatic carbocycles. The number of unbranched alkanes of at least 4 members (excludes halogenated alkanes) is 1. The van der Waals surface area contributed by atoms with Crippen molar-refractivity contribution in [3.63, 3.8) is 0 Å². The van der Waals surface area contributed by atoms with Crippen molar-refractivity contribution in [3.05, 3.63) is 11.4 Å². The molecule has 0 saturated heterocycles. The van der Waals surface area contributed by atoms with E-state index in [-0.39, 0.29) is 18.5 Å². The Morgan fingerprint density at radius 3 is 2.50 bits per heavy atom. The number of nitrogen functional groups attached to an aromatic ring is 1. The number of carbonyl (C=O) groups excluding carboxylic acids is 1. The lowest BCUT2D eigenvalue weighted by Gasteiger charge is -2.28. The van der Waals surface area contributed by atoms with Gasteiger partial charge in [0.1, 0.15) is 6.54 Å². The molecular formula is C15H28N4O. The van der Waals surface area contributed by atoms with Crippen LogP contribution < -0.4 is 5.73 Å². The van der Waals surface area contributed by atoms with E-state index in [4.69, 9.17) is 5.73 Å². The van der Waals surface area contributed by atoms with Gasteiger partial charge in [-0.05, 0) is 33.6 Å². The summed E-state index contributed by atoms with van der Waals surface area (Å²) in [6.45, 7) is 11.2. The number of rotatable bonds is 7. The van der Waals surface area contributed by atoms with Gasteiger partial charge in [0.25, 0.3) is 0 Å². The third-order valence-corrected chi connectivity index (χ3v) is 3.92. The molecule has 0 spiro atoms. The first-order valence-corrected chi connectivity index (χ1v) is 7.51. The highest BCUT2D eigenvalue weighted by atomic mass is 16.2. The normalized spacial score (nSPS) is 12.4. The molecule has 0 aromatic carbocycles. The van der Waals surface area contributed by atoms with Gasteiger partial charge < -0.3 is 10.6 Å². The molecule has 5 heteroatoms. The number of nitrogens with zero attached hydrogens (tertiary/aromatic N) is 3. The average molecular weight is 280 g/mol. The van der Waals surface area contributed by atoms with E-state index >= 15 is 0 Å². The Morgan fingerprint density at radius 2 is 2.05 bits per heavy atom. The molecule has 1 aromatic rings. The molecule has 0 aliphatic heterocycles. The number of aryl methyl sites for hydroxylation is 1. The number of carbonyl (C=O) groups is 1. The van der Waals surface area contributed by atoms with Crippen LogP contribution >= 0.6 is 0 Å². The fraction of sp³-hybridized carbons (Fsp3) is 0.733. The van der Waals surface area contributed by atoms with Crippen LogP contribution in [0, 0.1) is 13.8 Å². The van der Waals surface area contributed by atoms with E-state index in [1.54, 1.807) is 4.68 Å². The number of anilines is 1. The second kappa shape index (κ2) is 7.31. The van der Waals surface area contributed by atoms with Crippen molar-refractivity contribution in [2.45, 2.75) is 66.5 Å². The maximum atomic E-state index is 12.5. The highest BCUT2D eigenvalue weighted by Gasteiger charge is 2.20. The van der Waals surface area contributed by atoms with Crippen LogP contribution in [0.25, 0.3) is 0 Å². The van der Waals surface area contributed by atoms with Gasteiger partial charge in [-0.15, -0.1) is 0 Å². The van der Waals surface area contributed by atoms with Crippen LogP contribution in [0.2, 0.25) is 0 Å². The van der Waals surface area contributed by atoms with Gasteiger partial charge in [0.15, 0.2) is 0 Å². The number of nitrogens with two attached hydrogens (primary N) is 1. The van der Waals surface area contributed by atoms with Crippen molar-refractivity contribution >= 4 is 11.6 Å². The Labute approximate surface area is 122 Å². The fourth-order valence-electron chi connectivity index (χ4n) is 2.22. The van der Waals surface area contributed by atoms with Crippen molar-refractivity contribution in [2.75, 3.05) is 12.3 Å². The molecule has 0 aliphatic rings. The van der Waals surface area contributed by atoms with Crippen LogP contribution in [0.1, 0.15) is 51.4 Å². The standard InChI is InChI=1S/C15H28N4O/c1-6-8-9-18(11(3)7-2)14(20)10-19-13(5)15(16)12(4)17-19/h11H,6-10,16H2,1-5H3. The molecular weight excluding hydrogens is 252 g/mol. The molecule has 20 heavy (non-hydrogen) atoms. The third-order valence-electron chi connectivity index (χ3n) is 3.92. The molecule has 1 atom stereocenters. The molecule has 5 nitrogen and oxygen atoms in total. The van der Waals surface area contributed by atoms with Gasteiger partial charge in [0, 0.05) is 12.6 Å². The average Bonchev–Trinajstić information content (AvgIpc) is 2.66. The maximum Gasteiger partial charge on any atom is 0.244 e. The number of amides is 1. The Balaban J connectivity index is 2.81. The monoisotopic (exact) mass is 280 g/mol. The van der Waals surface area contributed by atoms with Crippen LogP contribution in [0.4, 0.5) is 5.69 Å². The minimum atomic E-state index is 0.124. The van der Waals surface area contributed by atoms with Gasteiger partial charge in [-0.25, -0.2) is 0 Å². The van der Waals surface area contributed by atoms with E-state index in [1.807, 2.05) is 18.7 Å². The Morgan fingerprint density at radius 1 is 1.40 bits per heavy atom. The summed E-state index contributed by atoms with van der Waals surface area (Å²) in [5, 5.41) is 4.34. The molecule has 1 heterocycles. The first kappa shape index (κ1) is 16.5. The maximum absolute atomic E-state index is 12.5. The highest BCUT2D eigenvalue weighted by molar-refractivity contribution is 5.76. The summed E-state index contributed by atoms with van der Waals surface area (Å²) in [6, 6.07) is 0.267. The van der Waals surface area contributed by atoms with Crippen molar-refractivity contribution < 1.29 is 4.79 Å². The van der Waals surface area contributed by atoms with Gasteiger partial charge in [-0.1, -0.05) is 20.3 Å². The lowest BCUT2D eigenvalue weighted by Crippen LogP contribution is -2.41. The molecule has 1 rings (SSSR count). The van der Waals surface area contributed by atoms with Crippen LogP contribution in [-0.2, 0) is 11.3 Å². The molecule has 0 bridgehead atoms. The summed E-state index contributed by atoms with van der Waals surface area (Å²) in [7, 11) is 0. The largest absolute Gasteiger partial charge is 0.396 e. The summed E-state index contributed by atoms with van der Waals surface area (Å²) < 4.78 is 1.72. The Hall–Kier alpha value is -1.52. The van der Waals surface area contributed by atoms with E-state index in [0.717, 1.165) is 37.2 Å². The minimum Gasteiger partial charge on any atom is -0.396 e. The topological polar surface area (TPSA) is 64.2 Å². The first-order valence-electron chi connectivity index (χ1n) is 7.51. The summed E-state index contributed by atoms with van der Waals surface area (Å²) in [5.74, 6) is 0.124. The van der Waals surface area contributed by atoms with Gasteiger partial charge in [-0.3, -0.25) is 9.48 Å². The molecule has 2 N–H and O–H groups in total. The predicted molar refractivity (Wildman–Crippen MR) is 82.5 cm³/mol. The van der Waals surface area contributed by atoms with Gasteiger partial charge in [-0.2, -0.15) is 5.10 Å². The van der Waals surface area contributed by atoms with Crippen LogP contribution in [-0.4, -0.2) is 33.2 Å². The fourth-order valence-corrected chi connectivity index (χ4v) is 2.22. The summed E-state index contributed by atoms with van der Waals surface area (Å²) in [4.78, 5) is 14.5. The van der Waals surface area contributed by atoms with E-state index in [1.165, 1.54) is 0 Å². The van der Waals surface area contributed by atoms with Crippen molar-refractivity contribution in [1.29, 1.82) is 0 Å². The van der Waals surface area contributed by atoms with E-state index in [2.05, 4.69) is 25.9 Å².